The smallest absolute Gasteiger partial charge is 0.222 e. The number of ether oxygens (including phenoxy) is 1. The average Bonchev–Trinajstić information content (AvgIpc) is 2.66. The fourth-order valence-electron chi connectivity index (χ4n) is 2.74. The van der Waals surface area contributed by atoms with Gasteiger partial charge >= 0.3 is 0 Å². The Bertz CT molecular complexity index is 476. The normalized spacial score (nSPS) is 19.1. The van der Waals surface area contributed by atoms with Crippen molar-refractivity contribution in [2.24, 2.45) is 13.0 Å². The molecule has 5 nitrogen and oxygen atoms in total. The molecule has 0 saturated carbocycles. The van der Waals surface area contributed by atoms with E-state index in [0.717, 1.165) is 43.0 Å². The van der Waals surface area contributed by atoms with E-state index in [1.807, 2.05) is 37.5 Å². The number of hydrogen-bond acceptors (Lipinski definition) is 3. The van der Waals surface area contributed by atoms with Crippen LogP contribution in [0.1, 0.15) is 36.2 Å². The summed E-state index contributed by atoms with van der Waals surface area (Å²) in [6.07, 6.45) is 2.77. The molecule has 1 amide bonds. The van der Waals surface area contributed by atoms with Gasteiger partial charge in [-0.05, 0) is 32.6 Å². The average molecular weight is 279 g/mol. The van der Waals surface area contributed by atoms with Crippen LogP contribution in [-0.2, 0) is 23.1 Å². The van der Waals surface area contributed by atoms with Crippen molar-refractivity contribution in [2.75, 3.05) is 20.3 Å². The Balaban J connectivity index is 1.93. The van der Waals surface area contributed by atoms with Gasteiger partial charge in [-0.15, -0.1) is 0 Å². The Morgan fingerprint density at radius 2 is 2.25 bits per heavy atom. The molecule has 1 aromatic rings. The van der Waals surface area contributed by atoms with Crippen LogP contribution in [-0.4, -0.2) is 40.8 Å². The van der Waals surface area contributed by atoms with E-state index in [1.54, 1.807) is 0 Å². The summed E-state index contributed by atoms with van der Waals surface area (Å²) in [5.74, 6) is 0.581. The van der Waals surface area contributed by atoms with Crippen LogP contribution in [0, 0.1) is 19.8 Å². The highest BCUT2D eigenvalue weighted by molar-refractivity contribution is 5.76. The van der Waals surface area contributed by atoms with E-state index in [0.29, 0.717) is 18.9 Å². The molecule has 1 atom stereocenters. The molecule has 20 heavy (non-hydrogen) atoms. The van der Waals surface area contributed by atoms with Gasteiger partial charge in [-0.2, -0.15) is 5.10 Å². The topological polar surface area (TPSA) is 47.4 Å². The van der Waals surface area contributed by atoms with Crippen molar-refractivity contribution in [1.29, 1.82) is 0 Å². The van der Waals surface area contributed by atoms with Crippen LogP contribution in [0.2, 0.25) is 0 Å². The number of nitrogens with zero attached hydrogens (tertiary/aromatic N) is 3. The summed E-state index contributed by atoms with van der Waals surface area (Å²) in [7, 11) is 3.81. The molecule has 0 radical (unpaired) electrons. The first-order valence-corrected chi connectivity index (χ1v) is 7.29. The van der Waals surface area contributed by atoms with Crippen LogP contribution < -0.4 is 0 Å². The largest absolute Gasteiger partial charge is 0.381 e. The highest BCUT2D eigenvalue weighted by atomic mass is 16.5. The molecule has 1 fully saturated rings. The van der Waals surface area contributed by atoms with Gasteiger partial charge in [0.2, 0.25) is 5.91 Å². The van der Waals surface area contributed by atoms with Crippen molar-refractivity contribution < 1.29 is 9.53 Å². The maximum atomic E-state index is 12.3. The van der Waals surface area contributed by atoms with Gasteiger partial charge in [0.15, 0.2) is 0 Å². The summed E-state index contributed by atoms with van der Waals surface area (Å²) in [6, 6.07) is 0. The molecule has 2 heterocycles. The second kappa shape index (κ2) is 6.39. The van der Waals surface area contributed by atoms with Crippen molar-refractivity contribution in [3.05, 3.63) is 17.0 Å². The number of aryl methyl sites for hydroxylation is 2. The number of carbonyl (C=O) groups excluding carboxylic acids is 1. The first-order valence-electron chi connectivity index (χ1n) is 7.29. The number of hydrogen-bond donors (Lipinski definition) is 0. The molecule has 1 aliphatic rings. The summed E-state index contributed by atoms with van der Waals surface area (Å²) in [4.78, 5) is 14.1. The van der Waals surface area contributed by atoms with Gasteiger partial charge in [0.1, 0.15) is 0 Å². The predicted octanol–water partition coefficient (Wildman–Crippen LogP) is 1.81. The SMILES string of the molecule is Cc1nn(C)c(C)c1CN(C)C(=O)C[C@@H]1CCCOC1. The predicted molar refractivity (Wildman–Crippen MR) is 77.3 cm³/mol. The summed E-state index contributed by atoms with van der Waals surface area (Å²) in [5, 5.41) is 4.40. The van der Waals surface area contributed by atoms with Crippen molar-refractivity contribution >= 4 is 5.91 Å². The molecule has 0 bridgehead atoms. The summed E-state index contributed by atoms with van der Waals surface area (Å²) >= 11 is 0. The van der Waals surface area contributed by atoms with Crippen molar-refractivity contribution in [1.82, 2.24) is 14.7 Å². The molecular formula is C15H25N3O2. The first kappa shape index (κ1) is 15.0. The van der Waals surface area contributed by atoms with E-state index in [9.17, 15) is 4.79 Å². The van der Waals surface area contributed by atoms with Crippen LogP contribution in [0.15, 0.2) is 0 Å². The van der Waals surface area contributed by atoms with E-state index in [-0.39, 0.29) is 5.91 Å². The molecule has 5 heteroatoms. The van der Waals surface area contributed by atoms with Gasteiger partial charge in [-0.25, -0.2) is 0 Å². The first-order chi connectivity index (χ1) is 9.49. The maximum absolute atomic E-state index is 12.3. The third kappa shape index (κ3) is 3.39. The number of rotatable bonds is 4. The van der Waals surface area contributed by atoms with Gasteiger partial charge in [0.25, 0.3) is 0 Å². The third-order valence-electron chi connectivity index (χ3n) is 4.20. The lowest BCUT2D eigenvalue weighted by atomic mass is 9.98. The van der Waals surface area contributed by atoms with Gasteiger partial charge in [0.05, 0.1) is 5.69 Å². The number of amides is 1. The second-order valence-corrected chi connectivity index (χ2v) is 5.81. The van der Waals surface area contributed by atoms with Gasteiger partial charge in [-0.3, -0.25) is 9.48 Å². The lowest BCUT2D eigenvalue weighted by Gasteiger charge is -2.24. The fourth-order valence-corrected chi connectivity index (χ4v) is 2.74. The van der Waals surface area contributed by atoms with Gasteiger partial charge in [-0.1, -0.05) is 0 Å². The molecule has 1 aromatic heterocycles. The lowest BCUT2D eigenvalue weighted by molar-refractivity contribution is -0.132. The second-order valence-electron chi connectivity index (χ2n) is 5.81. The summed E-state index contributed by atoms with van der Waals surface area (Å²) in [5.41, 5.74) is 3.29. The van der Waals surface area contributed by atoms with E-state index in [1.165, 1.54) is 0 Å². The Hall–Kier alpha value is -1.36. The Labute approximate surface area is 120 Å². The van der Waals surface area contributed by atoms with E-state index in [2.05, 4.69) is 5.10 Å². The molecule has 0 aromatic carbocycles. The van der Waals surface area contributed by atoms with E-state index in [4.69, 9.17) is 4.74 Å². The number of aromatic nitrogens is 2. The zero-order valence-corrected chi connectivity index (χ0v) is 13.0. The zero-order chi connectivity index (χ0) is 14.7. The van der Waals surface area contributed by atoms with Crippen LogP contribution in [0.4, 0.5) is 0 Å². The molecule has 1 aliphatic heterocycles. The molecule has 112 valence electrons. The summed E-state index contributed by atoms with van der Waals surface area (Å²) in [6.45, 7) is 6.25. The van der Waals surface area contributed by atoms with Gasteiger partial charge in [0, 0.05) is 51.5 Å². The Morgan fingerprint density at radius 3 is 2.80 bits per heavy atom. The Kier molecular flexibility index (Phi) is 4.81. The van der Waals surface area contributed by atoms with Crippen LogP contribution in [0.5, 0.6) is 0 Å². The van der Waals surface area contributed by atoms with Crippen molar-refractivity contribution in [3.8, 4) is 0 Å². The molecule has 0 spiro atoms. The Morgan fingerprint density at radius 1 is 1.50 bits per heavy atom. The molecule has 1 saturated heterocycles. The minimum Gasteiger partial charge on any atom is -0.381 e. The highest BCUT2D eigenvalue weighted by Crippen LogP contribution is 2.19. The monoisotopic (exact) mass is 279 g/mol. The van der Waals surface area contributed by atoms with Crippen LogP contribution >= 0.6 is 0 Å². The standard InChI is InChI=1S/C15H25N3O2/c1-11-14(12(2)18(4)16-11)9-17(3)15(19)8-13-6-5-7-20-10-13/h13H,5-10H2,1-4H3/t13-/m0/s1. The van der Waals surface area contributed by atoms with Crippen LogP contribution in [0.3, 0.4) is 0 Å². The van der Waals surface area contributed by atoms with Crippen LogP contribution in [0.25, 0.3) is 0 Å². The molecular weight excluding hydrogens is 254 g/mol. The molecule has 0 unspecified atom stereocenters. The minimum atomic E-state index is 0.197. The van der Waals surface area contributed by atoms with E-state index < -0.39 is 0 Å². The van der Waals surface area contributed by atoms with Crippen molar-refractivity contribution in [2.45, 2.75) is 39.7 Å². The van der Waals surface area contributed by atoms with Gasteiger partial charge < -0.3 is 9.64 Å². The molecule has 0 aliphatic carbocycles. The quantitative estimate of drug-likeness (QED) is 0.844. The summed E-state index contributed by atoms with van der Waals surface area (Å²) < 4.78 is 7.31. The number of carbonyl (C=O) groups is 1. The minimum absolute atomic E-state index is 0.197. The molecule has 0 N–H and O–H groups in total. The lowest BCUT2D eigenvalue weighted by Crippen LogP contribution is -2.30. The highest BCUT2D eigenvalue weighted by Gasteiger charge is 2.21. The zero-order valence-electron chi connectivity index (χ0n) is 13.0. The fraction of sp³-hybridized carbons (Fsp3) is 0.733. The third-order valence-corrected chi connectivity index (χ3v) is 4.20. The van der Waals surface area contributed by atoms with Crippen molar-refractivity contribution in [3.63, 3.8) is 0 Å². The maximum Gasteiger partial charge on any atom is 0.222 e. The molecule has 2 rings (SSSR count). The van der Waals surface area contributed by atoms with E-state index >= 15 is 0 Å².